The number of carbonyl (C=O) groups is 1. The van der Waals surface area contributed by atoms with Gasteiger partial charge in [-0.2, -0.15) is 0 Å². The summed E-state index contributed by atoms with van der Waals surface area (Å²) in [6.45, 7) is 11.4. The van der Waals surface area contributed by atoms with Gasteiger partial charge in [0.25, 0.3) is 0 Å². The van der Waals surface area contributed by atoms with E-state index in [1.54, 1.807) is 29.2 Å². The number of piperazine rings is 1. The molecule has 2 amide bonds. The third kappa shape index (κ3) is 8.61. The lowest BCUT2D eigenvalue weighted by molar-refractivity contribution is 0.152. The molecule has 0 bridgehead atoms. The van der Waals surface area contributed by atoms with Crippen LogP contribution >= 0.6 is 23.2 Å². The fraction of sp³-hybridized carbons (Fsp3) is 0.300. The quantitative estimate of drug-likeness (QED) is 0.371. The number of amides is 2. The first-order valence-electron chi connectivity index (χ1n) is 8.74. The van der Waals surface area contributed by atoms with Crippen LogP contribution in [-0.2, 0) is 6.42 Å². The molecule has 0 aromatic heterocycles. The Balaban J connectivity index is 0.000000292. The van der Waals surface area contributed by atoms with Crippen LogP contribution < -0.4 is 11.5 Å². The average Bonchev–Trinajstić information content (AvgIpc) is 2.64. The van der Waals surface area contributed by atoms with E-state index in [-0.39, 0.29) is 11.9 Å². The highest BCUT2D eigenvalue weighted by Gasteiger charge is 2.18. The molecule has 0 radical (unpaired) electrons. The Morgan fingerprint density at radius 3 is 2.29 bits per heavy atom. The lowest BCUT2D eigenvalue weighted by Crippen LogP contribution is -2.50. The van der Waals surface area contributed by atoms with Crippen LogP contribution in [0.25, 0.3) is 0 Å². The van der Waals surface area contributed by atoms with E-state index < -0.39 is 0 Å². The van der Waals surface area contributed by atoms with Crippen LogP contribution in [-0.4, -0.2) is 54.4 Å². The van der Waals surface area contributed by atoms with Gasteiger partial charge in [0.2, 0.25) is 0 Å². The van der Waals surface area contributed by atoms with E-state index in [2.05, 4.69) is 18.1 Å². The van der Waals surface area contributed by atoms with Crippen molar-refractivity contribution in [3.63, 3.8) is 0 Å². The molecule has 1 fully saturated rings. The highest BCUT2D eigenvalue weighted by atomic mass is 35.5. The SMILES string of the molecule is C=C/C=C(\C=C)CN1CCN(C(N)=O)CC1.N=C(N)Cc1ccc(Cl)cc1Cl. The molecule has 0 saturated carbocycles. The van der Waals surface area contributed by atoms with Crippen LogP contribution in [0.3, 0.4) is 0 Å². The van der Waals surface area contributed by atoms with E-state index in [4.69, 9.17) is 40.1 Å². The second kappa shape index (κ2) is 12.2. The van der Waals surface area contributed by atoms with Crippen LogP contribution in [0.2, 0.25) is 10.0 Å². The number of carbonyl (C=O) groups excluding carboxylic acids is 1. The minimum absolute atomic E-state index is 0.0965. The summed E-state index contributed by atoms with van der Waals surface area (Å²) in [5.74, 6) is 0.0965. The van der Waals surface area contributed by atoms with E-state index >= 15 is 0 Å². The molecule has 0 spiro atoms. The predicted octanol–water partition coefficient (Wildman–Crippen LogP) is 3.45. The Labute approximate surface area is 176 Å². The number of benzene rings is 1. The lowest BCUT2D eigenvalue weighted by Gasteiger charge is -2.33. The summed E-state index contributed by atoms with van der Waals surface area (Å²) in [5, 5.41) is 8.21. The van der Waals surface area contributed by atoms with Gasteiger partial charge in [-0.1, -0.05) is 60.7 Å². The minimum Gasteiger partial charge on any atom is -0.387 e. The van der Waals surface area contributed by atoms with Gasteiger partial charge in [0.1, 0.15) is 0 Å². The number of hydrogen-bond acceptors (Lipinski definition) is 3. The maximum Gasteiger partial charge on any atom is 0.314 e. The topological polar surface area (TPSA) is 99.4 Å². The van der Waals surface area contributed by atoms with Crippen LogP contribution in [0.15, 0.2) is 55.2 Å². The zero-order valence-corrected chi connectivity index (χ0v) is 17.3. The molecule has 5 N–H and O–H groups in total. The summed E-state index contributed by atoms with van der Waals surface area (Å²) < 4.78 is 0. The molecule has 0 atom stereocenters. The van der Waals surface area contributed by atoms with Gasteiger partial charge in [-0.25, -0.2) is 4.79 Å². The van der Waals surface area contributed by atoms with Crippen LogP contribution in [0.4, 0.5) is 4.79 Å². The summed E-state index contributed by atoms with van der Waals surface area (Å²) in [5.41, 5.74) is 12.4. The normalized spacial score (nSPS) is 14.6. The monoisotopic (exact) mass is 423 g/mol. The average molecular weight is 424 g/mol. The number of primary amides is 1. The Bertz CT molecular complexity index is 740. The van der Waals surface area contributed by atoms with E-state index in [1.165, 1.54) is 0 Å². The molecule has 152 valence electrons. The number of allylic oxidation sites excluding steroid dienone is 2. The number of halogens is 2. The third-order valence-electron chi connectivity index (χ3n) is 4.08. The van der Waals surface area contributed by atoms with Gasteiger partial charge >= 0.3 is 6.03 Å². The Morgan fingerprint density at radius 1 is 1.18 bits per heavy atom. The van der Waals surface area contributed by atoms with Gasteiger partial charge in [0.05, 0.1) is 5.84 Å². The van der Waals surface area contributed by atoms with Crippen molar-refractivity contribution >= 4 is 35.1 Å². The number of rotatable bonds is 6. The maximum atomic E-state index is 10.9. The maximum absolute atomic E-state index is 10.9. The molecule has 1 aromatic carbocycles. The molecule has 0 aliphatic carbocycles. The van der Waals surface area contributed by atoms with Crippen molar-refractivity contribution in [2.24, 2.45) is 11.5 Å². The summed E-state index contributed by atoms with van der Waals surface area (Å²) in [7, 11) is 0. The van der Waals surface area contributed by atoms with Crippen molar-refractivity contribution in [3.05, 3.63) is 70.8 Å². The molecule has 28 heavy (non-hydrogen) atoms. The first-order chi connectivity index (χ1) is 13.3. The van der Waals surface area contributed by atoms with Crippen LogP contribution in [0.1, 0.15) is 5.56 Å². The number of nitrogens with two attached hydrogens (primary N) is 2. The first-order valence-corrected chi connectivity index (χ1v) is 9.50. The molecule has 2 rings (SSSR count). The van der Waals surface area contributed by atoms with E-state index in [9.17, 15) is 4.79 Å². The molecule has 1 aliphatic rings. The summed E-state index contributed by atoms with van der Waals surface area (Å²) in [6, 6.07) is 4.81. The molecule has 1 heterocycles. The number of nitrogens with one attached hydrogen (secondary N) is 1. The minimum atomic E-state index is -0.328. The number of hydrogen-bond donors (Lipinski definition) is 3. The standard InChI is InChI=1S/C12H19N3O.C8H8Cl2N2/c1-3-5-11(4-2)10-14-6-8-15(9-7-14)12(13)16;9-6-2-1-5(3-8(11)12)7(10)4-6/h3-5H,1-2,6-10H2,(H2,13,16);1-2,4H,3H2,(H3,11,12)/b11-5+;. The van der Waals surface area contributed by atoms with Crippen molar-refractivity contribution in [3.8, 4) is 0 Å². The largest absolute Gasteiger partial charge is 0.387 e. The molecular weight excluding hydrogens is 397 g/mol. The molecule has 6 nitrogen and oxygen atoms in total. The van der Waals surface area contributed by atoms with Crippen molar-refractivity contribution in [1.29, 1.82) is 5.41 Å². The van der Waals surface area contributed by atoms with Gasteiger partial charge in [0, 0.05) is 49.2 Å². The van der Waals surface area contributed by atoms with Gasteiger partial charge in [-0.05, 0) is 23.3 Å². The molecule has 1 aliphatic heterocycles. The summed E-state index contributed by atoms with van der Waals surface area (Å²) in [6.07, 6.45) is 5.92. The summed E-state index contributed by atoms with van der Waals surface area (Å²) in [4.78, 5) is 14.9. The van der Waals surface area contributed by atoms with Crippen LogP contribution in [0, 0.1) is 5.41 Å². The number of amidine groups is 1. The van der Waals surface area contributed by atoms with Gasteiger partial charge in [-0.3, -0.25) is 10.3 Å². The second-order valence-electron chi connectivity index (χ2n) is 6.22. The Kier molecular flexibility index (Phi) is 10.4. The Morgan fingerprint density at radius 2 is 1.82 bits per heavy atom. The van der Waals surface area contributed by atoms with Crippen molar-refractivity contribution in [1.82, 2.24) is 9.80 Å². The Hall–Kier alpha value is -2.28. The van der Waals surface area contributed by atoms with E-state index in [0.717, 1.165) is 30.8 Å². The van der Waals surface area contributed by atoms with Gasteiger partial charge in [0.15, 0.2) is 0 Å². The van der Waals surface area contributed by atoms with E-state index in [1.807, 2.05) is 12.2 Å². The van der Waals surface area contributed by atoms with Crippen molar-refractivity contribution in [2.45, 2.75) is 6.42 Å². The zero-order chi connectivity index (χ0) is 21.1. The van der Waals surface area contributed by atoms with Crippen LogP contribution in [0.5, 0.6) is 0 Å². The van der Waals surface area contributed by atoms with Gasteiger partial charge < -0.3 is 16.4 Å². The highest BCUT2D eigenvalue weighted by Crippen LogP contribution is 2.21. The third-order valence-corrected chi connectivity index (χ3v) is 4.67. The van der Waals surface area contributed by atoms with Crippen molar-refractivity contribution < 1.29 is 4.79 Å². The molecule has 1 aromatic rings. The fourth-order valence-electron chi connectivity index (χ4n) is 2.59. The van der Waals surface area contributed by atoms with E-state index in [0.29, 0.717) is 29.6 Å². The molecule has 8 heteroatoms. The number of urea groups is 1. The lowest BCUT2D eigenvalue weighted by atomic mass is 10.1. The summed E-state index contributed by atoms with van der Waals surface area (Å²) >= 11 is 11.5. The molecule has 1 saturated heterocycles. The second-order valence-corrected chi connectivity index (χ2v) is 7.06. The fourth-order valence-corrected chi connectivity index (χ4v) is 3.07. The highest BCUT2D eigenvalue weighted by molar-refractivity contribution is 6.35. The zero-order valence-electron chi connectivity index (χ0n) is 15.8. The van der Waals surface area contributed by atoms with Crippen molar-refractivity contribution in [2.75, 3.05) is 32.7 Å². The molecule has 0 unspecified atom stereocenters. The first kappa shape index (κ1) is 23.8. The van der Waals surface area contributed by atoms with Gasteiger partial charge in [-0.15, -0.1) is 0 Å². The predicted molar refractivity (Wildman–Crippen MR) is 118 cm³/mol. The number of nitrogens with zero attached hydrogens (tertiary/aromatic N) is 2. The smallest absolute Gasteiger partial charge is 0.314 e. The molecular formula is C20H27Cl2N5O.